The summed E-state index contributed by atoms with van der Waals surface area (Å²) < 4.78 is 4.58. The molecule has 1 aliphatic heterocycles. The molecule has 0 spiro atoms. The Hall–Kier alpha value is -0.970. The van der Waals surface area contributed by atoms with Gasteiger partial charge in [-0.25, -0.2) is 4.79 Å². The number of rotatable bonds is 6. The van der Waals surface area contributed by atoms with Crippen molar-refractivity contribution in [2.75, 3.05) is 13.2 Å². The van der Waals surface area contributed by atoms with E-state index in [-0.39, 0.29) is 0 Å². The van der Waals surface area contributed by atoms with E-state index in [4.69, 9.17) is 56.2 Å². The van der Waals surface area contributed by atoms with Crippen LogP contribution in [0.25, 0.3) is 0 Å². The molecule has 13 heteroatoms. The molecule has 0 bridgehead atoms. The molecule has 0 saturated carbocycles. The zero-order valence-electron chi connectivity index (χ0n) is 12.8. The van der Waals surface area contributed by atoms with Gasteiger partial charge in [-0.2, -0.15) is 0 Å². The third-order valence-corrected chi connectivity index (χ3v) is 3.37. The van der Waals surface area contributed by atoms with Crippen LogP contribution < -0.4 is 0 Å². The Balaban J connectivity index is 0.000000462. The van der Waals surface area contributed by atoms with Crippen LogP contribution in [0, 0.1) is 0 Å². The SMILES string of the molecule is O=C(O)C(O)C(O)C(O)C(O)CO.OC[C@H]1O[C@H](O)[C@H](O)[C@@H](O)[C@H]1O. The topological polar surface area (TPSA) is 249 Å². The smallest absolute Gasteiger partial charge is 0.335 e. The number of aliphatic carboxylic acids is 1. The van der Waals surface area contributed by atoms with Gasteiger partial charge in [-0.1, -0.05) is 0 Å². The van der Waals surface area contributed by atoms with E-state index in [0.29, 0.717) is 0 Å². The highest BCUT2D eigenvalue weighted by Crippen LogP contribution is 2.19. The van der Waals surface area contributed by atoms with Gasteiger partial charge in [0, 0.05) is 0 Å². The monoisotopic (exact) mass is 376 g/mol. The lowest BCUT2D eigenvalue weighted by molar-refractivity contribution is -0.286. The van der Waals surface area contributed by atoms with Gasteiger partial charge in [0.25, 0.3) is 0 Å². The highest BCUT2D eigenvalue weighted by molar-refractivity contribution is 5.72. The number of hydrogen-bond acceptors (Lipinski definition) is 12. The Morgan fingerprint density at radius 2 is 1.40 bits per heavy atom. The van der Waals surface area contributed by atoms with E-state index >= 15 is 0 Å². The first-order valence-corrected chi connectivity index (χ1v) is 7.04. The van der Waals surface area contributed by atoms with Gasteiger partial charge in [-0.15, -0.1) is 0 Å². The molecule has 11 N–H and O–H groups in total. The molecule has 1 heterocycles. The van der Waals surface area contributed by atoms with E-state index < -0.39 is 74.3 Å². The summed E-state index contributed by atoms with van der Waals surface area (Å²) in [6, 6.07) is 0. The van der Waals surface area contributed by atoms with E-state index in [1.54, 1.807) is 0 Å². The maximum Gasteiger partial charge on any atom is 0.335 e. The number of carboxylic acids is 1. The normalized spacial score (nSPS) is 34.2. The van der Waals surface area contributed by atoms with E-state index in [0.717, 1.165) is 0 Å². The molecule has 1 saturated heterocycles. The minimum atomic E-state index is -2.20. The molecule has 0 aliphatic carbocycles. The molecule has 25 heavy (non-hydrogen) atoms. The number of aliphatic hydroxyl groups is 10. The predicted octanol–water partition coefficient (Wildman–Crippen LogP) is -6.71. The van der Waals surface area contributed by atoms with E-state index in [2.05, 4.69) is 4.74 Å². The number of ether oxygens (including phenoxy) is 1. The summed E-state index contributed by atoms with van der Waals surface area (Å²) in [5, 5.41) is 96.5. The summed E-state index contributed by atoms with van der Waals surface area (Å²) in [5.74, 6) is -1.73. The molecule has 1 aliphatic rings. The molecule has 4 unspecified atom stereocenters. The molecule has 9 atom stereocenters. The van der Waals surface area contributed by atoms with Crippen molar-refractivity contribution in [3.8, 4) is 0 Å². The number of carbonyl (C=O) groups is 1. The fraction of sp³-hybridized carbons (Fsp3) is 0.917. The van der Waals surface area contributed by atoms with Crippen molar-refractivity contribution in [3.63, 3.8) is 0 Å². The van der Waals surface area contributed by atoms with Gasteiger partial charge in [0.2, 0.25) is 0 Å². The number of aliphatic hydroxyl groups excluding tert-OH is 10. The first kappa shape index (κ1) is 24.0. The van der Waals surface area contributed by atoms with Gasteiger partial charge < -0.3 is 60.9 Å². The zero-order chi connectivity index (χ0) is 19.9. The fourth-order valence-corrected chi connectivity index (χ4v) is 1.75. The van der Waals surface area contributed by atoms with E-state index in [9.17, 15) is 4.79 Å². The van der Waals surface area contributed by atoms with Gasteiger partial charge in [0.15, 0.2) is 12.4 Å². The Morgan fingerprint density at radius 3 is 1.80 bits per heavy atom. The predicted molar refractivity (Wildman–Crippen MR) is 74.7 cm³/mol. The second-order valence-corrected chi connectivity index (χ2v) is 5.23. The first-order valence-electron chi connectivity index (χ1n) is 7.04. The quantitative estimate of drug-likeness (QED) is 0.206. The summed E-state index contributed by atoms with van der Waals surface area (Å²) >= 11 is 0. The number of carboxylic acid groups (broad SMARTS) is 1. The van der Waals surface area contributed by atoms with Crippen LogP contribution in [-0.4, -0.2) is 130 Å². The summed E-state index contributed by atoms with van der Waals surface area (Å²) in [7, 11) is 0. The van der Waals surface area contributed by atoms with Gasteiger partial charge in [0.05, 0.1) is 13.2 Å². The molecule has 150 valence electrons. The molecule has 1 rings (SSSR count). The summed E-state index contributed by atoms with van der Waals surface area (Å²) in [5.41, 5.74) is 0. The lowest BCUT2D eigenvalue weighted by Crippen LogP contribution is -2.58. The minimum absolute atomic E-state index is 0.526. The average molecular weight is 376 g/mol. The maximum atomic E-state index is 10.1. The Morgan fingerprint density at radius 1 is 0.880 bits per heavy atom. The second kappa shape index (κ2) is 10.9. The van der Waals surface area contributed by atoms with E-state index in [1.807, 2.05) is 0 Å². The maximum absolute atomic E-state index is 10.1. The molecule has 0 aromatic carbocycles. The van der Waals surface area contributed by atoms with Crippen LogP contribution in [0.1, 0.15) is 0 Å². The first-order chi connectivity index (χ1) is 11.5. The van der Waals surface area contributed by atoms with Crippen molar-refractivity contribution < 1.29 is 65.7 Å². The lowest BCUT2D eigenvalue weighted by atomic mass is 10.00. The van der Waals surface area contributed by atoms with Crippen LogP contribution in [0.5, 0.6) is 0 Å². The summed E-state index contributed by atoms with van der Waals surface area (Å²) in [6.07, 6.45) is -14.9. The Labute approximate surface area is 141 Å². The van der Waals surface area contributed by atoms with Crippen LogP contribution in [0.4, 0.5) is 0 Å². The van der Waals surface area contributed by atoms with Crippen LogP contribution >= 0.6 is 0 Å². The minimum Gasteiger partial charge on any atom is -0.479 e. The molecule has 13 nitrogen and oxygen atoms in total. The average Bonchev–Trinajstić information content (AvgIpc) is 2.60. The van der Waals surface area contributed by atoms with Crippen molar-refractivity contribution >= 4 is 5.97 Å². The molecule has 0 amide bonds. The van der Waals surface area contributed by atoms with Crippen molar-refractivity contribution in [3.05, 3.63) is 0 Å². The lowest BCUT2D eigenvalue weighted by Gasteiger charge is -2.37. The van der Waals surface area contributed by atoms with Crippen molar-refractivity contribution in [2.45, 2.75) is 55.1 Å². The highest BCUT2D eigenvalue weighted by atomic mass is 16.6. The van der Waals surface area contributed by atoms with Crippen LogP contribution in [0.2, 0.25) is 0 Å². The fourth-order valence-electron chi connectivity index (χ4n) is 1.75. The number of hydrogen-bond donors (Lipinski definition) is 11. The van der Waals surface area contributed by atoms with Gasteiger partial charge in [-0.3, -0.25) is 0 Å². The molecule has 1 fully saturated rings. The third kappa shape index (κ3) is 6.69. The van der Waals surface area contributed by atoms with Crippen LogP contribution in [-0.2, 0) is 9.53 Å². The van der Waals surface area contributed by atoms with Crippen molar-refractivity contribution in [1.29, 1.82) is 0 Å². The summed E-state index contributed by atoms with van der Waals surface area (Å²) in [6.45, 7) is -1.37. The van der Waals surface area contributed by atoms with E-state index in [1.165, 1.54) is 0 Å². The third-order valence-electron chi connectivity index (χ3n) is 3.37. The highest BCUT2D eigenvalue weighted by Gasteiger charge is 2.42. The zero-order valence-corrected chi connectivity index (χ0v) is 12.8. The van der Waals surface area contributed by atoms with Crippen LogP contribution in [0.15, 0.2) is 0 Å². The standard InChI is InChI=1S/C6H12O7.C6H12O6/c7-1-2(8)3(9)4(10)5(11)6(12)13;7-1-2-3(8)4(9)5(10)6(11)12-2/h2-5,7-11H,1H2,(H,12,13);2-11H,1H2/t;2-,3+,4+,5-,6+/m.1/s1. The van der Waals surface area contributed by atoms with Crippen LogP contribution in [0.3, 0.4) is 0 Å². The van der Waals surface area contributed by atoms with Crippen molar-refractivity contribution in [2.24, 2.45) is 0 Å². The van der Waals surface area contributed by atoms with Gasteiger partial charge in [0.1, 0.15) is 42.7 Å². The molecule has 0 radical (unpaired) electrons. The molecule has 0 aromatic heterocycles. The van der Waals surface area contributed by atoms with Gasteiger partial charge in [-0.05, 0) is 0 Å². The Bertz CT molecular complexity index is 388. The Kier molecular flexibility index (Phi) is 10.5. The largest absolute Gasteiger partial charge is 0.479 e. The van der Waals surface area contributed by atoms with Gasteiger partial charge >= 0.3 is 5.97 Å². The molecular weight excluding hydrogens is 352 g/mol. The summed E-state index contributed by atoms with van der Waals surface area (Å²) in [4.78, 5) is 10.1. The molecule has 0 aromatic rings. The molecular formula is C12H24O13. The van der Waals surface area contributed by atoms with Crippen molar-refractivity contribution in [1.82, 2.24) is 0 Å². The second-order valence-electron chi connectivity index (χ2n) is 5.23.